The smallest absolute Gasteiger partial charge is 0.0783 e. The summed E-state index contributed by atoms with van der Waals surface area (Å²) in [5.74, 6) is -0.189. The average molecular weight is 1450 g/mol. The van der Waals surface area contributed by atoms with Gasteiger partial charge >= 0.3 is 0 Å². The van der Waals surface area contributed by atoms with E-state index in [2.05, 4.69) is 431 Å². The number of anilines is 6. The molecule has 0 N–H and O–H groups in total. The minimum Gasteiger partial charge on any atom is -0.310 e. The number of para-hydroxylation sites is 3. The normalized spacial score (nSPS) is 14.2. The third-order valence-corrected chi connectivity index (χ3v) is 24.1. The second-order valence-electron chi connectivity index (χ2n) is 39.2. The molecule has 4 nitrogen and oxygen atoms in total. The summed E-state index contributed by atoms with van der Waals surface area (Å²) in [6.07, 6.45) is 0. The summed E-state index contributed by atoms with van der Waals surface area (Å²) in [6.45, 7) is 49.5. The Morgan fingerprint density at radius 3 is 1.00 bits per heavy atom. The minimum atomic E-state index is -0.305. The van der Waals surface area contributed by atoms with Gasteiger partial charge in [0.1, 0.15) is 0 Å². The summed E-state index contributed by atoms with van der Waals surface area (Å²) in [4.78, 5) is 5.41. The van der Waals surface area contributed by atoms with Crippen LogP contribution in [0.1, 0.15) is 207 Å². The van der Waals surface area contributed by atoms with E-state index in [1.807, 2.05) is 0 Å². The molecule has 0 amide bonds. The SMILES string of the molecule is CC(C)(C)c1cc(-c2ccc3c(c2)N(c2cc(-c4ccccc4)cc(-c4ccccc4)c2)c2cc(C(C)(C)C)cc4c2C3c2ccc(-c3cc(C(C)(C)C)cc(C(C)(C)C)c3)cc2N4c2cccc3c4cccc(-n5c6ccc(C(C)(C)C)cc6c6cc(C(C)(C)C)ccc65)c4n(-c4ccccc4)c23)cc(C(C)(C)C)c1. The van der Waals surface area contributed by atoms with E-state index in [4.69, 9.17) is 0 Å². The Bertz CT molecular complexity index is 6030. The Kier molecular flexibility index (Phi) is 17.0. The van der Waals surface area contributed by atoms with Gasteiger partial charge in [-0.3, -0.25) is 0 Å². The largest absolute Gasteiger partial charge is 0.310 e. The first-order chi connectivity index (χ1) is 52.4. The first-order valence-corrected chi connectivity index (χ1v) is 40.3. The zero-order valence-electron chi connectivity index (χ0n) is 69.3. The zero-order chi connectivity index (χ0) is 78.1. The van der Waals surface area contributed by atoms with Gasteiger partial charge in [0, 0.05) is 44.4 Å². The summed E-state index contributed by atoms with van der Waals surface area (Å²) in [5.41, 5.74) is 35.6. The van der Waals surface area contributed by atoms with Crippen molar-refractivity contribution in [1.29, 1.82) is 0 Å². The molecule has 0 bridgehead atoms. The molecule has 556 valence electrons. The minimum absolute atomic E-state index is 0.0494. The third kappa shape index (κ3) is 12.7. The van der Waals surface area contributed by atoms with Gasteiger partial charge < -0.3 is 18.9 Å². The Morgan fingerprint density at radius 2 is 0.577 bits per heavy atom. The van der Waals surface area contributed by atoms with Crippen LogP contribution in [-0.2, 0) is 37.9 Å². The number of nitrogens with zero attached hydrogens (tertiary/aromatic N) is 4. The highest BCUT2D eigenvalue weighted by molar-refractivity contribution is 6.19. The van der Waals surface area contributed by atoms with Crippen molar-refractivity contribution in [3.05, 3.63) is 323 Å². The van der Waals surface area contributed by atoms with Crippen LogP contribution >= 0.6 is 0 Å². The molecule has 13 aromatic carbocycles. The molecule has 0 saturated carbocycles. The lowest BCUT2D eigenvalue weighted by molar-refractivity contribution is 0.568. The van der Waals surface area contributed by atoms with Gasteiger partial charge in [0.15, 0.2) is 0 Å². The van der Waals surface area contributed by atoms with Gasteiger partial charge in [-0.2, -0.15) is 0 Å². The van der Waals surface area contributed by atoms with Crippen molar-refractivity contribution >= 4 is 77.7 Å². The van der Waals surface area contributed by atoms with Crippen molar-refractivity contribution < 1.29 is 0 Å². The number of aromatic nitrogens is 2. The molecule has 2 aliphatic rings. The molecule has 0 spiro atoms. The topological polar surface area (TPSA) is 16.3 Å². The van der Waals surface area contributed by atoms with Crippen molar-refractivity contribution in [3.8, 4) is 55.9 Å². The van der Waals surface area contributed by atoms with E-state index in [0.717, 1.165) is 44.9 Å². The Labute approximate surface area is 660 Å². The molecule has 2 aliphatic heterocycles. The van der Waals surface area contributed by atoms with Crippen LogP contribution in [0.2, 0.25) is 0 Å². The highest BCUT2D eigenvalue weighted by Crippen LogP contribution is 2.64. The maximum absolute atomic E-state index is 2.73. The Balaban J connectivity index is 1.02. The first-order valence-electron chi connectivity index (χ1n) is 40.3. The van der Waals surface area contributed by atoms with Gasteiger partial charge in [0.2, 0.25) is 0 Å². The molecule has 17 rings (SSSR count). The van der Waals surface area contributed by atoms with Gasteiger partial charge in [-0.15, -0.1) is 0 Å². The van der Waals surface area contributed by atoms with Crippen molar-refractivity contribution in [2.45, 2.75) is 189 Å². The fourth-order valence-corrected chi connectivity index (χ4v) is 17.5. The van der Waals surface area contributed by atoms with Crippen molar-refractivity contribution in [1.82, 2.24) is 9.13 Å². The van der Waals surface area contributed by atoms with Crippen LogP contribution < -0.4 is 9.80 Å². The predicted molar refractivity (Wildman–Crippen MR) is 478 cm³/mol. The molecular formula is C107H108N4. The van der Waals surface area contributed by atoms with Gasteiger partial charge in [-0.05, 0) is 223 Å². The second-order valence-corrected chi connectivity index (χ2v) is 39.2. The Hall–Kier alpha value is -10.9. The lowest BCUT2D eigenvalue weighted by Gasteiger charge is -2.46. The monoisotopic (exact) mass is 1450 g/mol. The van der Waals surface area contributed by atoms with E-state index in [9.17, 15) is 0 Å². The van der Waals surface area contributed by atoms with Crippen LogP contribution in [0.4, 0.5) is 34.1 Å². The summed E-state index contributed by atoms with van der Waals surface area (Å²) in [5, 5.41) is 4.91. The van der Waals surface area contributed by atoms with Gasteiger partial charge in [-0.25, -0.2) is 0 Å². The average Bonchev–Trinajstić information content (AvgIpc) is 1.68. The molecule has 1 atom stereocenters. The quantitative estimate of drug-likeness (QED) is 0.151. The van der Waals surface area contributed by atoms with Gasteiger partial charge in [-0.1, -0.05) is 321 Å². The van der Waals surface area contributed by atoms with Gasteiger partial charge in [0.05, 0.1) is 56.2 Å². The van der Waals surface area contributed by atoms with Crippen LogP contribution in [0.5, 0.6) is 0 Å². The third-order valence-electron chi connectivity index (χ3n) is 24.1. The van der Waals surface area contributed by atoms with E-state index in [0.29, 0.717) is 0 Å². The highest BCUT2D eigenvalue weighted by atomic mass is 15.2. The maximum atomic E-state index is 2.73. The van der Waals surface area contributed by atoms with Gasteiger partial charge in [0.25, 0.3) is 0 Å². The molecule has 15 aromatic rings. The number of hydrogen-bond donors (Lipinski definition) is 0. The van der Waals surface area contributed by atoms with E-state index in [1.165, 1.54) is 144 Å². The lowest BCUT2D eigenvalue weighted by Crippen LogP contribution is -2.30. The van der Waals surface area contributed by atoms with E-state index >= 15 is 0 Å². The molecule has 1 unspecified atom stereocenters. The fraction of sp³-hybridized carbons (Fsp3) is 0.271. The van der Waals surface area contributed by atoms with E-state index in [-0.39, 0.29) is 43.8 Å². The molecule has 0 radical (unpaired) electrons. The van der Waals surface area contributed by atoms with Crippen LogP contribution in [0.25, 0.3) is 99.5 Å². The highest BCUT2D eigenvalue weighted by Gasteiger charge is 2.44. The second kappa shape index (κ2) is 25.8. The zero-order valence-corrected chi connectivity index (χ0v) is 69.3. The summed E-state index contributed by atoms with van der Waals surface area (Å²) in [7, 11) is 0. The first kappa shape index (κ1) is 72.9. The molecule has 0 fully saturated rings. The predicted octanol–water partition coefficient (Wildman–Crippen LogP) is 30.4. The van der Waals surface area contributed by atoms with Crippen LogP contribution in [0.15, 0.2) is 267 Å². The van der Waals surface area contributed by atoms with Crippen molar-refractivity contribution in [2.75, 3.05) is 9.80 Å². The molecule has 0 saturated heterocycles. The maximum Gasteiger partial charge on any atom is 0.0783 e. The van der Waals surface area contributed by atoms with E-state index < -0.39 is 0 Å². The summed E-state index contributed by atoms with van der Waals surface area (Å²) >= 11 is 0. The number of rotatable bonds is 8. The fourth-order valence-electron chi connectivity index (χ4n) is 17.5. The summed E-state index contributed by atoms with van der Waals surface area (Å²) in [6, 6.07) is 104. The van der Waals surface area contributed by atoms with Crippen LogP contribution in [0.3, 0.4) is 0 Å². The molecular weight excluding hydrogens is 1340 g/mol. The molecule has 111 heavy (non-hydrogen) atoms. The standard InChI is InChI=1S/C107H108N4/c1-101(2,3)74-45-49-89-87(62-74)88-63-75(102(4,5)6)46-50-90(88)110(89)91-41-31-39-83-84-40-32-42-92(100(84)109(99(83)91)81-37-29-24-30-38-81)111-94-59-69(73-54-78(105(13,14)15)61-79(55-73)106(16,17)18)44-48-86(94)97-85-47-43-68(72-52-76(103(7,8)9)60-77(53-72)104(10,11)12)58-93(85)108(95-64-80(107(19,20)21)65-96(111)98(95)97)82-56-70(66-33-25-22-26-34-66)51-71(57-82)67-35-27-23-28-36-67/h22-65,97H,1-21H3. The van der Waals surface area contributed by atoms with E-state index in [1.54, 1.807) is 0 Å². The molecule has 0 aliphatic carbocycles. The lowest BCUT2D eigenvalue weighted by atomic mass is 9.73. The molecule has 2 aromatic heterocycles. The number of benzene rings is 13. The number of hydrogen-bond acceptors (Lipinski definition) is 2. The summed E-state index contributed by atoms with van der Waals surface area (Å²) < 4.78 is 5.21. The Morgan fingerprint density at radius 1 is 0.207 bits per heavy atom. The van der Waals surface area contributed by atoms with Crippen molar-refractivity contribution in [3.63, 3.8) is 0 Å². The molecule has 4 heterocycles. The van der Waals surface area contributed by atoms with Crippen molar-refractivity contribution in [2.24, 2.45) is 0 Å². The number of fused-ring (bicyclic) bond motifs is 10. The molecule has 4 heteroatoms. The van der Waals surface area contributed by atoms with Crippen LogP contribution in [0, 0.1) is 0 Å². The van der Waals surface area contributed by atoms with Crippen LogP contribution in [-0.4, -0.2) is 9.13 Å².